The Hall–Kier alpha value is -0.900. The third-order valence-electron chi connectivity index (χ3n) is 2.53. The molecular weight excluding hydrogens is 182 g/mol. The van der Waals surface area contributed by atoms with Crippen LogP contribution in [0.15, 0.2) is 0 Å². The van der Waals surface area contributed by atoms with Crippen molar-refractivity contribution >= 4 is 16.3 Å². The summed E-state index contributed by atoms with van der Waals surface area (Å²) in [6.07, 6.45) is 2.62. The molecule has 0 N–H and O–H groups in total. The van der Waals surface area contributed by atoms with Gasteiger partial charge in [0.1, 0.15) is 5.01 Å². The van der Waals surface area contributed by atoms with Crippen molar-refractivity contribution in [2.24, 2.45) is 0 Å². The van der Waals surface area contributed by atoms with E-state index in [0.29, 0.717) is 0 Å². The van der Waals surface area contributed by atoms with E-state index in [9.17, 15) is 0 Å². The van der Waals surface area contributed by atoms with Crippen LogP contribution in [0.1, 0.15) is 35.2 Å². The van der Waals surface area contributed by atoms with Crippen molar-refractivity contribution in [3.8, 4) is 0 Å². The highest BCUT2D eigenvalue weighted by molar-refractivity contribution is 7.16. The molecule has 1 fully saturated rings. The van der Waals surface area contributed by atoms with Gasteiger partial charge in [0.2, 0.25) is 4.96 Å². The van der Waals surface area contributed by atoms with Crippen LogP contribution in [0.2, 0.25) is 0 Å². The molecule has 0 spiro atoms. The van der Waals surface area contributed by atoms with Crippen molar-refractivity contribution < 1.29 is 0 Å². The number of aryl methyl sites for hydroxylation is 2. The van der Waals surface area contributed by atoms with Crippen molar-refractivity contribution in [1.82, 2.24) is 14.6 Å². The summed E-state index contributed by atoms with van der Waals surface area (Å²) in [5, 5.41) is 5.51. The van der Waals surface area contributed by atoms with E-state index in [1.54, 1.807) is 11.3 Å². The lowest BCUT2D eigenvalue weighted by Crippen LogP contribution is -1.90. The van der Waals surface area contributed by atoms with E-state index in [1.165, 1.54) is 24.2 Å². The molecule has 3 rings (SSSR count). The molecule has 2 heterocycles. The summed E-state index contributed by atoms with van der Waals surface area (Å²) in [6, 6.07) is 0. The predicted octanol–water partition coefficient (Wildman–Crippen LogP) is 2.29. The molecular formula is C9H11N3S. The lowest BCUT2D eigenvalue weighted by atomic mass is 10.2. The predicted molar refractivity (Wildman–Crippen MR) is 52.3 cm³/mol. The SMILES string of the molecule is Cc1nn2c(C)c(C3CC3)nc2s1. The largest absolute Gasteiger partial charge is 0.222 e. The minimum atomic E-state index is 0.731. The Morgan fingerprint density at radius 2 is 2.15 bits per heavy atom. The van der Waals surface area contributed by atoms with Gasteiger partial charge in [0.15, 0.2) is 0 Å². The maximum Gasteiger partial charge on any atom is 0.212 e. The van der Waals surface area contributed by atoms with Gasteiger partial charge < -0.3 is 0 Å². The quantitative estimate of drug-likeness (QED) is 0.695. The fraction of sp³-hybridized carbons (Fsp3) is 0.556. The van der Waals surface area contributed by atoms with E-state index in [-0.39, 0.29) is 0 Å². The molecule has 2 aromatic rings. The van der Waals surface area contributed by atoms with Gasteiger partial charge in [0.25, 0.3) is 0 Å². The first-order chi connectivity index (χ1) is 6.25. The van der Waals surface area contributed by atoms with Gasteiger partial charge in [-0.25, -0.2) is 9.50 Å². The Morgan fingerprint density at radius 1 is 1.38 bits per heavy atom. The molecule has 0 aromatic carbocycles. The van der Waals surface area contributed by atoms with Crippen LogP contribution in [-0.2, 0) is 0 Å². The monoisotopic (exact) mass is 193 g/mol. The van der Waals surface area contributed by atoms with Gasteiger partial charge >= 0.3 is 0 Å². The van der Waals surface area contributed by atoms with Crippen molar-refractivity contribution in [2.75, 3.05) is 0 Å². The second-order valence-corrected chi connectivity index (χ2v) is 4.83. The molecule has 13 heavy (non-hydrogen) atoms. The van der Waals surface area contributed by atoms with E-state index in [1.807, 2.05) is 11.4 Å². The topological polar surface area (TPSA) is 30.2 Å². The van der Waals surface area contributed by atoms with Crippen LogP contribution in [0.3, 0.4) is 0 Å². The van der Waals surface area contributed by atoms with E-state index < -0.39 is 0 Å². The molecule has 0 bridgehead atoms. The molecule has 2 aromatic heterocycles. The van der Waals surface area contributed by atoms with Gasteiger partial charge in [-0.2, -0.15) is 5.10 Å². The van der Waals surface area contributed by atoms with E-state index in [4.69, 9.17) is 0 Å². The zero-order valence-corrected chi connectivity index (χ0v) is 8.56. The van der Waals surface area contributed by atoms with Gasteiger partial charge in [-0.05, 0) is 26.7 Å². The molecule has 1 aliphatic rings. The number of hydrogen-bond donors (Lipinski definition) is 0. The molecule has 0 radical (unpaired) electrons. The maximum absolute atomic E-state index is 4.61. The van der Waals surface area contributed by atoms with Crippen molar-refractivity contribution in [3.63, 3.8) is 0 Å². The van der Waals surface area contributed by atoms with Gasteiger partial charge in [-0.1, -0.05) is 11.3 Å². The summed E-state index contributed by atoms with van der Waals surface area (Å²) in [6.45, 7) is 4.14. The Kier molecular flexibility index (Phi) is 1.34. The number of rotatable bonds is 1. The van der Waals surface area contributed by atoms with Crippen LogP contribution in [-0.4, -0.2) is 14.6 Å². The molecule has 1 saturated carbocycles. The van der Waals surface area contributed by atoms with Crippen LogP contribution < -0.4 is 0 Å². The van der Waals surface area contributed by atoms with E-state index in [0.717, 1.165) is 15.9 Å². The van der Waals surface area contributed by atoms with E-state index >= 15 is 0 Å². The zero-order valence-electron chi connectivity index (χ0n) is 7.74. The maximum atomic E-state index is 4.61. The minimum Gasteiger partial charge on any atom is -0.222 e. The highest BCUT2D eigenvalue weighted by Crippen LogP contribution is 2.41. The Bertz CT molecular complexity index is 464. The van der Waals surface area contributed by atoms with Gasteiger partial charge in [-0.3, -0.25) is 0 Å². The summed E-state index contributed by atoms with van der Waals surface area (Å²) >= 11 is 1.67. The average molecular weight is 193 g/mol. The third-order valence-corrected chi connectivity index (χ3v) is 3.35. The standard InChI is InChI=1S/C9H11N3S/c1-5-8(7-3-4-7)10-9-12(5)11-6(2)13-9/h7H,3-4H2,1-2H3. The summed E-state index contributed by atoms with van der Waals surface area (Å²) < 4.78 is 1.98. The second-order valence-electron chi connectivity index (χ2n) is 3.67. The molecule has 68 valence electrons. The fourth-order valence-corrected chi connectivity index (χ4v) is 2.50. The molecule has 1 aliphatic carbocycles. The van der Waals surface area contributed by atoms with Crippen LogP contribution in [0.5, 0.6) is 0 Å². The lowest BCUT2D eigenvalue weighted by Gasteiger charge is -1.91. The van der Waals surface area contributed by atoms with Gasteiger partial charge in [0, 0.05) is 5.92 Å². The molecule has 0 aliphatic heterocycles. The van der Waals surface area contributed by atoms with Crippen LogP contribution >= 0.6 is 11.3 Å². The average Bonchev–Trinajstić information content (AvgIpc) is 2.79. The van der Waals surface area contributed by atoms with Crippen molar-refractivity contribution in [1.29, 1.82) is 0 Å². The van der Waals surface area contributed by atoms with Gasteiger partial charge in [-0.15, -0.1) is 0 Å². The molecule has 3 nitrogen and oxygen atoms in total. The Labute approximate surface area is 80.4 Å². The smallest absolute Gasteiger partial charge is 0.212 e. The summed E-state index contributed by atoms with van der Waals surface area (Å²) in [4.78, 5) is 5.67. The molecule has 4 heteroatoms. The molecule has 0 atom stereocenters. The summed E-state index contributed by atoms with van der Waals surface area (Å²) in [7, 11) is 0. The van der Waals surface area contributed by atoms with Crippen molar-refractivity contribution in [2.45, 2.75) is 32.6 Å². The van der Waals surface area contributed by atoms with E-state index in [2.05, 4.69) is 17.0 Å². The Balaban J connectivity index is 2.26. The number of nitrogens with zero attached hydrogens (tertiary/aromatic N) is 3. The lowest BCUT2D eigenvalue weighted by molar-refractivity contribution is 0.892. The summed E-state index contributed by atoms with van der Waals surface area (Å²) in [5.74, 6) is 0.731. The normalized spacial score (nSPS) is 17.1. The van der Waals surface area contributed by atoms with Gasteiger partial charge in [0.05, 0.1) is 11.4 Å². The van der Waals surface area contributed by atoms with Crippen LogP contribution in [0.4, 0.5) is 0 Å². The Morgan fingerprint density at radius 3 is 2.77 bits per heavy atom. The first-order valence-corrected chi connectivity index (χ1v) is 5.40. The molecule has 0 saturated heterocycles. The number of aromatic nitrogens is 3. The zero-order chi connectivity index (χ0) is 9.00. The fourth-order valence-electron chi connectivity index (χ4n) is 1.70. The number of fused-ring (bicyclic) bond motifs is 1. The number of hydrogen-bond acceptors (Lipinski definition) is 3. The highest BCUT2D eigenvalue weighted by atomic mass is 32.1. The third kappa shape index (κ3) is 1.01. The minimum absolute atomic E-state index is 0.731. The molecule has 0 amide bonds. The van der Waals surface area contributed by atoms with Crippen molar-refractivity contribution in [3.05, 3.63) is 16.4 Å². The summed E-state index contributed by atoms with van der Waals surface area (Å²) in [5.41, 5.74) is 2.51. The van der Waals surface area contributed by atoms with Crippen LogP contribution in [0.25, 0.3) is 4.96 Å². The number of imidazole rings is 1. The van der Waals surface area contributed by atoms with Crippen LogP contribution in [0, 0.1) is 13.8 Å². The molecule has 0 unspecified atom stereocenters. The first-order valence-electron chi connectivity index (χ1n) is 4.58. The first kappa shape index (κ1) is 7.50. The second kappa shape index (κ2) is 2.32. The highest BCUT2D eigenvalue weighted by Gasteiger charge is 2.29.